The number of rotatable bonds is 7. The average Bonchev–Trinajstić information content (AvgIpc) is 3.14. The highest BCUT2D eigenvalue weighted by atomic mass is 35.5. The Balaban J connectivity index is 1.49. The van der Waals surface area contributed by atoms with Crippen molar-refractivity contribution in [2.45, 2.75) is 13.0 Å². The van der Waals surface area contributed by atoms with Crippen LogP contribution in [0.3, 0.4) is 0 Å². The van der Waals surface area contributed by atoms with Gasteiger partial charge in [0.2, 0.25) is 5.91 Å². The second kappa shape index (κ2) is 8.98. The van der Waals surface area contributed by atoms with Gasteiger partial charge in [0.25, 0.3) is 5.69 Å². The highest BCUT2D eigenvalue weighted by Gasteiger charge is 2.16. The Morgan fingerprint density at radius 2 is 2.04 bits per heavy atom. The number of amides is 1. The van der Waals surface area contributed by atoms with Crippen molar-refractivity contribution in [2.75, 3.05) is 32.8 Å². The first-order valence-electron chi connectivity index (χ1n) is 8.64. The lowest BCUT2D eigenvalue weighted by Crippen LogP contribution is -2.41. The topological polar surface area (TPSA) is 97.8 Å². The van der Waals surface area contributed by atoms with Crippen LogP contribution >= 0.6 is 11.6 Å². The summed E-state index contributed by atoms with van der Waals surface area (Å²) in [6.07, 6.45) is 0.418. The van der Waals surface area contributed by atoms with E-state index in [1.54, 1.807) is 12.1 Å². The lowest BCUT2D eigenvalue weighted by Gasteiger charge is -2.26. The number of hydrogen-bond donors (Lipinski definition) is 1. The number of halogens is 1. The SMILES string of the molecule is O=C(CCNCc1ccc(-c2ccc([N+](=O)[O-])cc2Cl)o1)N1CCOCC1. The minimum atomic E-state index is -0.495. The van der Waals surface area contributed by atoms with E-state index < -0.39 is 4.92 Å². The second-order valence-electron chi connectivity index (χ2n) is 6.11. The van der Waals surface area contributed by atoms with Gasteiger partial charge < -0.3 is 19.4 Å². The number of carbonyl (C=O) groups is 1. The van der Waals surface area contributed by atoms with Gasteiger partial charge in [-0.3, -0.25) is 14.9 Å². The summed E-state index contributed by atoms with van der Waals surface area (Å²) >= 11 is 6.12. The number of furan rings is 1. The molecule has 0 bridgehead atoms. The molecule has 0 atom stereocenters. The van der Waals surface area contributed by atoms with Crippen molar-refractivity contribution in [3.8, 4) is 11.3 Å². The zero-order valence-corrected chi connectivity index (χ0v) is 15.4. The quantitative estimate of drug-likeness (QED) is 0.441. The highest BCUT2D eigenvalue weighted by Crippen LogP contribution is 2.32. The summed E-state index contributed by atoms with van der Waals surface area (Å²) in [5.74, 6) is 1.35. The number of ether oxygens (including phenoxy) is 1. The van der Waals surface area contributed by atoms with E-state index in [2.05, 4.69) is 5.32 Å². The number of nitrogens with one attached hydrogen (secondary N) is 1. The number of carbonyl (C=O) groups excluding carboxylic acids is 1. The van der Waals surface area contributed by atoms with Crippen molar-refractivity contribution in [3.05, 3.63) is 51.2 Å². The van der Waals surface area contributed by atoms with Gasteiger partial charge >= 0.3 is 0 Å². The van der Waals surface area contributed by atoms with E-state index >= 15 is 0 Å². The van der Waals surface area contributed by atoms with Crippen molar-refractivity contribution < 1.29 is 18.9 Å². The predicted molar refractivity (Wildman–Crippen MR) is 99.5 cm³/mol. The molecule has 2 aromatic rings. The van der Waals surface area contributed by atoms with Gasteiger partial charge in [0.05, 0.1) is 29.7 Å². The highest BCUT2D eigenvalue weighted by molar-refractivity contribution is 6.33. The van der Waals surface area contributed by atoms with E-state index in [0.717, 1.165) is 0 Å². The summed E-state index contributed by atoms with van der Waals surface area (Å²) in [6.45, 7) is 3.51. The molecule has 27 heavy (non-hydrogen) atoms. The standard InChI is InChI=1S/C18H20ClN3O5/c19-16-11-13(22(24)25)1-3-15(16)17-4-2-14(27-17)12-20-6-5-18(23)21-7-9-26-10-8-21/h1-4,11,20H,5-10,12H2. The van der Waals surface area contributed by atoms with Gasteiger partial charge in [0.1, 0.15) is 11.5 Å². The molecule has 3 rings (SSSR count). The molecule has 0 radical (unpaired) electrons. The zero-order chi connectivity index (χ0) is 19.2. The molecule has 0 spiro atoms. The minimum absolute atomic E-state index is 0.0675. The molecule has 1 aliphatic heterocycles. The van der Waals surface area contributed by atoms with Gasteiger partial charge in [-0.25, -0.2) is 0 Å². The number of nitro groups is 1. The van der Waals surface area contributed by atoms with Crippen molar-refractivity contribution >= 4 is 23.2 Å². The summed E-state index contributed by atoms with van der Waals surface area (Å²) in [6, 6.07) is 7.83. The lowest BCUT2D eigenvalue weighted by molar-refractivity contribution is -0.384. The number of nitrogens with zero attached hydrogens (tertiary/aromatic N) is 2. The Labute approximate surface area is 161 Å². The third-order valence-corrected chi connectivity index (χ3v) is 4.58. The molecule has 0 unspecified atom stereocenters. The molecule has 0 aliphatic carbocycles. The second-order valence-corrected chi connectivity index (χ2v) is 6.51. The summed E-state index contributed by atoms with van der Waals surface area (Å²) in [4.78, 5) is 24.2. The average molecular weight is 394 g/mol. The van der Waals surface area contributed by atoms with Crippen molar-refractivity contribution in [1.82, 2.24) is 10.2 Å². The number of nitro benzene ring substituents is 1. The molecule has 9 heteroatoms. The number of non-ortho nitro benzene ring substituents is 1. The van der Waals surface area contributed by atoms with Crippen molar-refractivity contribution in [3.63, 3.8) is 0 Å². The van der Waals surface area contributed by atoms with Crippen LogP contribution in [0.4, 0.5) is 5.69 Å². The monoisotopic (exact) mass is 393 g/mol. The first kappa shape index (κ1) is 19.3. The van der Waals surface area contributed by atoms with Crippen LogP contribution in [0.25, 0.3) is 11.3 Å². The smallest absolute Gasteiger partial charge is 0.270 e. The van der Waals surface area contributed by atoms with Gasteiger partial charge in [-0.15, -0.1) is 0 Å². The van der Waals surface area contributed by atoms with E-state index in [9.17, 15) is 14.9 Å². The van der Waals surface area contributed by atoms with Gasteiger partial charge in [0.15, 0.2) is 0 Å². The van der Waals surface area contributed by atoms with Gasteiger partial charge in [0, 0.05) is 43.8 Å². The Hall–Kier alpha value is -2.42. The zero-order valence-electron chi connectivity index (χ0n) is 14.7. The number of morpholine rings is 1. The van der Waals surface area contributed by atoms with Gasteiger partial charge in [-0.05, 0) is 18.2 Å². The molecule has 1 saturated heterocycles. The maximum atomic E-state index is 12.1. The van der Waals surface area contributed by atoms with Gasteiger partial charge in [-0.1, -0.05) is 11.6 Å². The fraction of sp³-hybridized carbons (Fsp3) is 0.389. The Morgan fingerprint density at radius 1 is 1.26 bits per heavy atom. The van der Waals surface area contributed by atoms with Gasteiger partial charge in [-0.2, -0.15) is 0 Å². The molecular weight excluding hydrogens is 374 g/mol. The molecule has 1 N–H and O–H groups in total. The van der Waals surface area contributed by atoms with E-state index in [1.165, 1.54) is 12.1 Å². The molecule has 1 aromatic heterocycles. The van der Waals surface area contributed by atoms with E-state index in [4.69, 9.17) is 20.8 Å². The van der Waals surface area contributed by atoms with Crippen LogP contribution in [0, 0.1) is 10.1 Å². The molecule has 144 valence electrons. The first-order chi connectivity index (χ1) is 13.0. The van der Waals surface area contributed by atoms with Crippen LogP contribution in [0.1, 0.15) is 12.2 Å². The summed E-state index contributed by atoms with van der Waals surface area (Å²) in [5.41, 5.74) is 0.526. The van der Waals surface area contributed by atoms with Crippen LogP contribution in [0.2, 0.25) is 5.02 Å². The largest absolute Gasteiger partial charge is 0.460 e. The number of hydrogen-bond acceptors (Lipinski definition) is 6. The molecular formula is C18H20ClN3O5. The van der Waals surface area contributed by atoms with Crippen molar-refractivity contribution in [2.24, 2.45) is 0 Å². The number of benzene rings is 1. The van der Waals surface area contributed by atoms with E-state index in [1.807, 2.05) is 11.0 Å². The summed E-state index contributed by atoms with van der Waals surface area (Å²) in [5, 5.41) is 14.2. The Kier molecular flexibility index (Phi) is 6.44. The third-order valence-electron chi connectivity index (χ3n) is 4.27. The summed E-state index contributed by atoms with van der Waals surface area (Å²) in [7, 11) is 0. The van der Waals surface area contributed by atoms with E-state index in [0.29, 0.717) is 62.9 Å². The molecule has 1 fully saturated rings. The third kappa shape index (κ3) is 5.06. The maximum Gasteiger partial charge on any atom is 0.270 e. The Morgan fingerprint density at radius 3 is 2.74 bits per heavy atom. The van der Waals surface area contributed by atoms with Crippen LogP contribution in [-0.2, 0) is 16.1 Å². The fourth-order valence-electron chi connectivity index (χ4n) is 2.81. The van der Waals surface area contributed by atoms with Crippen LogP contribution < -0.4 is 5.32 Å². The molecule has 2 heterocycles. The molecule has 8 nitrogen and oxygen atoms in total. The fourth-order valence-corrected chi connectivity index (χ4v) is 3.08. The van der Waals surface area contributed by atoms with Crippen LogP contribution in [-0.4, -0.2) is 48.6 Å². The Bertz CT molecular complexity index is 817. The minimum Gasteiger partial charge on any atom is -0.460 e. The first-order valence-corrected chi connectivity index (χ1v) is 9.01. The van der Waals surface area contributed by atoms with Crippen LogP contribution in [0.5, 0.6) is 0 Å². The molecule has 0 saturated carbocycles. The maximum absolute atomic E-state index is 12.1. The summed E-state index contributed by atoms with van der Waals surface area (Å²) < 4.78 is 11.0. The lowest BCUT2D eigenvalue weighted by atomic mass is 10.1. The predicted octanol–water partition coefficient (Wildman–Crippen LogP) is 2.85. The van der Waals surface area contributed by atoms with E-state index in [-0.39, 0.29) is 16.6 Å². The molecule has 1 aliphatic rings. The normalized spacial score (nSPS) is 14.3. The molecule has 1 amide bonds. The molecule has 1 aromatic carbocycles. The van der Waals surface area contributed by atoms with Crippen molar-refractivity contribution in [1.29, 1.82) is 0 Å². The van der Waals surface area contributed by atoms with Crippen LogP contribution in [0.15, 0.2) is 34.7 Å².